The summed E-state index contributed by atoms with van der Waals surface area (Å²) in [4.78, 5) is 44.3. The van der Waals surface area contributed by atoms with Gasteiger partial charge >= 0.3 is 23.9 Å². The summed E-state index contributed by atoms with van der Waals surface area (Å²) < 4.78 is 10.1. The average Bonchev–Trinajstić information content (AvgIpc) is 3.20. The van der Waals surface area contributed by atoms with Crippen LogP contribution in [0.1, 0.15) is 78.5 Å². The number of fused-ring (bicyclic) bond motifs is 9. The summed E-state index contributed by atoms with van der Waals surface area (Å²) in [7, 11) is 0. The summed E-state index contributed by atoms with van der Waals surface area (Å²) in [6.07, 6.45) is 5.80. The van der Waals surface area contributed by atoms with Gasteiger partial charge in [-0.2, -0.15) is 0 Å². The largest absolute Gasteiger partial charge is 0.481 e. The van der Waals surface area contributed by atoms with Crippen LogP contribution in [0.2, 0.25) is 0 Å². The van der Waals surface area contributed by atoms with Gasteiger partial charge < -0.3 is 19.7 Å². The van der Waals surface area contributed by atoms with Crippen molar-refractivity contribution in [3.05, 3.63) is 35.4 Å². The Morgan fingerprint density at radius 3 is 1.70 bits per heavy atom. The molecule has 8 nitrogen and oxygen atoms in total. The molecule has 0 unspecified atom stereocenters. The predicted octanol–water partition coefficient (Wildman–Crippen LogP) is 3.68. The van der Waals surface area contributed by atoms with Crippen LogP contribution >= 0.6 is 0 Å². The molecule has 0 saturated heterocycles. The van der Waals surface area contributed by atoms with E-state index in [0.717, 1.165) is 12.8 Å². The minimum absolute atomic E-state index is 0.0784. The zero-order chi connectivity index (χ0) is 22.0. The van der Waals surface area contributed by atoms with Crippen molar-refractivity contribution >= 4 is 23.9 Å². The van der Waals surface area contributed by atoms with Gasteiger partial charge in [-0.15, -0.1) is 0 Å². The Hall–Kier alpha value is -2.90. The maximum absolute atomic E-state index is 11.5. The van der Waals surface area contributed by atoms with E-state index in [0.29, 0.717) is 62.9 Å². The van der Waals surface area contributed by atoms with Gasteiger partial charge in [-0.1, -0.05) is 12.8 Å². The number of rotatable bonds is 5. The van der Waals surface area contributed by atoms with Gasteiger partial charge in [0.1, 0.15) is 0 Å². The van der Waals surface area contributed by atoms with E-state index < -0.39 is 17.4 Å². The van der Waals surface area contributed by atoms with Gasteiger partial charge in [-0.05, 0) is 62.8 Å². The van der Waals surface area contributed by atoms with Crippen molar-refractivity contribution in [3.63, 3.8) is 0 Å². The molecule has 0 radical (unpaired) electrons. The molecule has 164 valence electrons. The number of ether oxygens (including phenoxy) is 2. The summed E-state index contributed by atoms with van der Waals surface area (Å²) in [5.74, 6) is -2.29. The van der Waals surface area contributed by atoms with Crippen LogP contribution in [0.4, 0.5) is 0 Å². The molecule has 2 aliphatic heterocycles. The van der Waals surface area contributed by atoms with Crippen molar-refractivity contribution in [1.29, 1.82) is 0 Å². The lowest BCUT2D eigenvalue weighted by Crippen LogP contribution is -2.27. The lowest BCUT2D eigenvalue weighted by atomic mass is 9.81. The molecule has 8 heteroatoms. The quantitative estimate of drug-likeness (QED) is 0.691. The monoisotopic (exact) mass is 420 g/mol. The Kier molecular flexibility index (Phi) is 8.83. The highest BCUT2D eigenvalue weighted by Crippen LogP contribution is 2.42. The van der Waals surface area contributed by atoms with Crippen LogP contribution < -0.4 is 0 Å². The molecule has 0 spiro atoms. The first kappa shape index (κ1) is 23.4. The fraction of sp³-hybridized carbons (Fsp3) is 0.545. The molecule has 30 heavy (non-hydrogen) atoms. The molecular weight excluding hydrogens is 392 g/mol. The van der Waals surface area contributed by atoms with E-state index in [1.165, 1.54) is 0 Å². The SMILES string of the molecule is O=C(O)CCCC1(C(=O)O)CCCC1.O=C1OCCCCOC(=O)c2ccc1cc2. The highest BCUT2D eigenvalue weighted by molar-refractivity contribution is 5.93. The molecule has 1 aromatic rings. The molecule has 2 bridgehead atoms. The van der Waals surface area contributed by atoms with Gasteiger partial charge in [0.15, 0.2) is 0 Å². The third kappa shape index (κ3) is 6.86. The van der Waals surface area contributed by atoms with Gasteiger partial charge in [-0.3, -0.25) is 9.59 Å². The number of hydrogen-bond donors (Lipinski definition) is 2. The van der Waals surface area contributed by atoms with Crippen molar-refractivity contribution in [1.82, 2.24) is 0 Å². The predicted molar refractivity (Wildman–Crippen MR) is 106 cm³/mol. The second kappa shape index (κ2) is 11.3. The number of carbonyl (C=O) groups is 4. The van der Waals surface area contributed by atoms with Crippen molar-refractivity contribution in [2.24, 2.45) is 5.41 Å². The molecule has 2 heterocycles. The third-order valence-corrected chi connectivity index (χ3v) is 5.42. The highest BCUT2D eigenvalue weighted by atomic mass is 16.5. The first-order valence-corrected chi connectivity index (χ1v) is 10.2. The Morgan fingerprint density at radius 1 is 0.833 bits per heavy atom. The van der Waals surface area contributed by atoms with E-state index in [1.807, 2.05) is 0 Å². The first-order chi connectivity index (χ1) is 14.3. The van der Waals surface area contributed by atoms with Crippen LogP contribution in [0, 0.1) is 5.41 Å². The zero-order valence-electron chi connectivity index (χ0n) is 16.9. The van der Waals surface area contributed by atoms with Crippen LogP contribution in [-0.4, -0.2) is 47.3 Å². The molecule has 4 rings (SSSR count). The van der Waals surface area contributed by atoms with Crippen molar-refractivity contribution in [2.45, 2.75) is 57.8 Å². The third-order valence-electron chi connectivity index (χ3n) is 5.42. The van der Waals surface area contributed by atoms with Gasteiger partial charge in [0.2, 0.25) is 0 Å². The molecular formula is C22H28O8. The number of benzene rings is 1. The topological polar surface area (TPSA) is 127 Å². The van der Waals surface area contributed by atoms with Crippen LogP contribution in [0.5, 0.6) is 0 Å². The number of hydrogen-bond acceptors (Lipinski definition) is 6. The summed E-state index contributed by atoms with van der Waals surface area (Å²) in [5.41, 5.74) is 0.296. The van der Waals surface area contributed by atoms with Crippen LogP contribution in [-0.2, 0) is 19.1 Å². The second-order valence-electron chi connectivity index (χ2n) is 7.60. The highest BCUT2D eigenvalue weighted by Gasteiger charge is 2.40. The van der Waals surface area contributed by atoms with Crippen molar-refractivity contribution in [2.75, 3.05) is 13.2 Å². The van der Waals surface area contributed by atoms with Crippen LogP contribution in [0.15, 0.2) is 24.3 Å². The lowest BCUT2D eigenvalue weighted by molar-refractivity contribution is -0.149. The summed E-state index contributed by atoms with van der Waals surface area (Å²) in [6, 6.07) is 6.28. The Labute approximate surface area is 175 Å². The number of carboxylic acids is 2. The summed E-state index contributed by atoms with van der Waals surface area (Å²) in [6.45, 7) is 0.719. The second-order valence-corrected chi connectivity index (χ2v) is 7.60. The maximum Gasteiger partial charge on any atom is 0.338 e. The summed E-state index contributed by atoms with van der Waals surface area (Å²) in [5, 5.41) is 17.5. The number of aliphatic carboxylic acids is 2. The molecule has 2 N–H and O–H groups in total. The van der Waals surface area contributed by atoms with Gasteiger partial charge in [-0.25, -0.2) is 9.59 Å². The van der Waals surface area contributed by atoms with E-state index in [4.69, 9.17) is 19.7 Å². The molecule has 1 saturated carbocycles. The fourth-order valence-corrected chi connectivity index (χ4v) is 3.64. The molecule has 0 aromatic heterocycles. The number of carboxylic acid groups (broad SMARTS) is 2. The normalized spacial score (nSPS) is 18.1. The molecule has 1 aromatic carbocycles. The lowest BCUT2D eigenvalue weighted by Gasteiger charge is -2.22. The Morgan fingerprint density at radius 2 is 1.30 bits per heavy atom. The molecule has 0 amide bonds. The fourth-order valence-electron chi connectivity index (χ4n) is 3.64. The zero-order valence-corrected chi connectivity index (χ0v) is 16.9. The van der Waals surface area contributed by atoms with Crippen LogP contribution in [0.3, 0.4) is 0 Å². The number of esters is 2. The van der Waals surface area contributed by atoms with Gasteiger partial charge in [0.05, 0.1) is 29.8 Å². The van der Waals surface area contributed by atoms with Crippen molar-refractivity contribution < 1.29 is 38.9 Å². The van der Waals surface area contributed by atoms with E-state index in [1.54, 1.807) is 24.3 Å². The maximum atomic E-state index is 11.5. The van der Waals surface area contributed by atoms with Crippen LogP contribution in [0.25, 0.3) is 0 Å². The minimum Gasteiger partial charge on any atom is -0.481 e. The molecule has 1 aliphatic carbocycles. The minimum atomic E-state index is -0.844. The summed E-state index contributed by atoms with van der Waals surface area (Å²) >= 11 is 0. The standard InChI is InChI=1S/C12H12O4.C10H16O4/c13-11-9-3-5-10(6-4-9)12(14)16-8-2-1-7-15-11;11-8(12)4-3-7-10(9(13)14)5-1-2-6-10/h3-6H,1-2,7-8H2;1-7H2,(H,11,12)(H,13,14). The van der Waals surface area contributed by atoms with E-state index in [2.05, 4.69) is 0 Å². The Balaban J connectivity index is 0.000000216. The molecule has 3 aliphatic rings. The first-order valence-electron chi connectivity index (χ1n) is 10.2. The Bertz CT molecular complexity index is 708. The molecule has 0 atom stereocenters. The van der Waals surface area contributed by atoms with Gasteiger partial charge in [0, 0.05) is 6.42 Å². The van der Waals surface area contributed by atoms with E-state index in [9.17, 15) is 19.2 Å². The molecule has 1 fully saturated rings. The van der Waals surface area contributed by atoms with E-state index in [-0.39, 0.29) is 18.4 Å². The average molecular weight is 420 g/mol. The smallest absolute Gasteiger partial charge is 0.338 e. The van der Waals surface area contributed by atoms with Crippen molar-refractivity contribution in [3.8, 4) is 0 Å². The van der Waals surface area contributed by atoms with E-state index >= 15 is 0 Å². The van der Waals surface area contributed by atoms with Gasteiger partial charge in [0.25, 0.3) is 0 Å². The number of carbonyl (C=O) groups excluding carboxylic acids is 2.